The molecule has 0 unspecified atom stereocenters. The van der Waals surface area contributed by atoms with Gasteiger partial charge in [0.2, 0.25) is 10.0 Å². The molecule has 0 bridgehead atoms. The maximum atomic E-state index is 13.3. The zero-order chi connectivity index (χ0) is 26.4. The second kappa shape index (κ2) is 12.6. The molecule has 5 rings (SSSR count). The van der Waals surface area contributed by atoms with E-state index in [9.17, 15) is 8.42 Å². The molecular formula is C28H36N4O4S2. The minimum atomic E-state index is -3.48. The molecule has 204 valence electrons. The zero-order valence-electron chi connectivity index (χ0n) is 21.9. The van der Waals surface area contributed by atoms with E-state index in [0.717, 1.165) is 92.6 Å². The molecule has 0 saturated carbocycles. The van der Waals surface area contributed by atoms with Gasteiger partial charge in [-0.15, -0.1) is 11.3 Å². The highest BCUT2D eigenvalue weighted by Gasteiger charge is 2.25. The number of thiazole rings is 1. The van der Waals surface area contributed by atoms with E-state index in [4.69, 9.17) is 14.5 Å². The number of sulfonamides is 1. The van der Waals surface area contributed by atoms with Crippen LogP contribution in [0.4, 0.5) is 5.69 Å². The van der Waals surface area contributed by atoms with Crippen LogP contribution in [-0.2, 0) is 21.3 Å². The van der Waals surface area contributed by atoms with E-state index < -0.39 is 10.0 Å². The molecule has 8 nitrogen and oxygen atoms in total. The predicted molar refractivity (Wildman–Crippen MR) is 150 cm³/mol. The Morgan fingerprint density at radius 3 is 2.24 bits per heavy atom. The standard InChI is InChI=1S/C28H36N4O4S2/c1-35-25-10-8-24(9-11-25)29-28-32(17-16-30-18-20-36-21-19-30)27(22-37-28)23-6-12-26(13-7-23)38(33,34)31-14-4-2-3-5-15-31/h6-13,22H,2-5,14-21H2,1H3. The molecular weight excluding hydrogens is 520 g/mol. The number of nitrogens with zero attached hydrogens (tertiary/aromatic N) is 4. The highest BCUT2D eigenvalue weighted by atomic mass is 32.2. The van der Waals surface area contributed by atoms with E-state index in [2.05, 4.69) is 14.8 Å². The SMILES string of the molecule is COc1ccc(N=c2scc(-c3ccc(S(=O)(=O)N4CCCCCC4)cc3)n2CCN2CCOCC2)cc1. The predicted octanol–water partition coefficient (Wildman–Crippen LogP) is 4.35. The van der Waals surface area contributed by atoms with Gasteiger partial charge in [0.1, 0.15) is 5.75 Å². The topological polar surface area (TPSA) is 76.4 Å². The number of hydrogen-bond acceptors (Lipinski definition) is 7. The Bertz CT molecular complexity index is 1350. The first-order valence-electron chi connectivity index (χ1n) is 13.3. The summed E-state index contributed by atoms with van der Waals surface area (Å²) in [5.41, 5.74) is 2.88. The summed E-state index contributed by atoms with van der Waals surface area (Å²) < 4.78 is 41.2. The third-order valence-corrected chi connectivity index (χ3v) is 9.97. The summed E-state index contributed by atoms with van der Waals surface area (Å²) in [5.74, 6) is 0.797. The molecule has 2 aliphatic rings. The minimum absolute atomic E-state index is 0.362. The van der Waals surface area contributed by atoms with Crippen LogP contribution in [0.1, 0.15) is 25.7 Å². The van der Waals surface area contributed by atoms with Gasteiger partial charge < -0.3 is 14.0 Å². The smallest absolute Gasteiger partial charge is 0.243 e. The number of ether oxygens (including phenoxy) is 2. The van der Waals surface area contributed by atoms with Crippen molar-refractivity contribution in [2.75, 3.05) is 53.0 Å². The lowest BCUT2D eigenvalue weighted by Crippen LogP contribution is -2.39. The van der Waals surface area contributed by atoms with Gasteiger partial charge in [-0.3, -0.25) is 4.90 Å². The maximum absolute atomic E-state index is 13.3. The van der Waals surface area contributed by atoms with Crippen LogP contribution in [-0.4, -0.2) is 75.2 Å². The average molecular weight is 557 g/mol. The quantitative estimate of drug-likeness (QED) is 0.412. The molecule has 38 heavy (non-hydrogen) atoms. The van der Waals surface area contributed by atoms with Crippen LogP contribution in [0.5, 0.6) is 5.75 Å². The van der Waals surface area contributed by atoms with E-state index in [-0.39, 0.29) is 0 Å². The van der Waals surface area contributed by atoms with Crippen molar-refractivity contribution in [3.05, 3.63) is 58.7 Å². The maximum Gasteiger partial charge on any atom is 0.243 e. The molecule has 0 atom stereocenters. The lowest BCUT2D eigenvalue weighted by Gasteiger charge is -2.26. The first kappa shape index (κ1) is 27.1. The monoisotopic (exact) mass is 556 g/mol. The summed E-state index contributed by atoms with van der Waals surface area (Å²) in [7, 11) is -1.82. The van der Waals surface area contributed by atoms with Crippen molar-refractivity contribution in [2.24, 2.45) is 4.99 Å². The van der Waals surface area contributed by atoms with Crippen LogP contribution < -0.4 is 9.54 Å². The van der Waals surface area contributed by atoms with Gasteiger partial charge in [-0.05, 0) is 54.8 Å². The normalized spacial score (nSPS) is 18.4. The number of aromatic nitrogens is 1. The van der Waals surface area contributed by atoms with Gasteiger partial charge in [-0.1, -0.05) is 25.0 Å². The Morgan fingerprint density at radius 1 is 0.895 bits per heavy atom. The summed E-state index contributed by atoms with van der Waals surface area (Å²) in [5, 5.41) is 2.11. The first-order chi connectivity index (χ1) is 18.5. The summed E-state index contributed by atoms with van der Waals surface area (Å²) >= 11 is 1.59. The second-order valence-electron chi connectivity index (χ2n) is 9.66. The number of rotatable bonds is 8. The molecule has 10 heteroatoms. The number of morpholine rings is 1. The first-order valence-corrected chi connectivity index (χ1v) is 15.6. The van der Waals surface area contributed by atoms with Crippen LogP contribution in [0.2, 0.25) is 0 Å². The highest BCUT2D eigenvalue weighted by molar-refractivity contribution is 7.89. The van der Waals surface area contributed by atoms with Crippen molar-refractivity contribution in [1.29, 1.82) is 0 Å². The van der Waals surface area contributed by atoms with Crippen LogP contribution in [0.25, 0.3) is 11.3 Å². The van der Waals surface area contributed by atoms with Crippen LogP contribution in [0, 0.1) is 0 Å². The van der Waals surface area contributed by atoms with E-state index >= 15 is 0 Å². The molecule has 0 spiro atoms. The molecule has 2 aromatic carbocycles. The van der Waals surface area contributed by atoms with Gasteiger partial charge in [0.25, 0.3) is 0 Å². The van der Waals surface area contributed by atoms with Gasteiger partial charge in [-0.25, -0.2) is 13.4 Å². The molecule has 2 aliphatic heterocycles. The van der Waals surface area contributed by atoms with E-state index in [0.29, 0.717) is 18.0 Å². The molecule has 2 fully saturated rings. The zero-order valence-corrected chi connectivity index (χ0v) is 23.6. The highest BCUT2D eigenvalue weighted by Crippen LogP contribution is 2.26. The van der Waals surface area contributed by atoms with Crippen LogP contribution in [0.15, 0.2) is 63.8 Å². The van der Waals surface area contributed by atoms with Crippen LogP contribution in [0.3, 0.4) is 0 Å². The van der Waals surface area contributed by atoms with E-state index in [1.54, 1.807) is 34.9 Å². The van der Waals surface area contributed by atoms with E-state index in [1.807, 2.05) is 36.4 Å². The van der Waals surface area contributed by atoms with Gasteiger partial charge in [0.05, 0.1) is 36.6 Å². The molecule has 2 saturated heterocycles. The number of benzene rings is 2. The Balaban J connectivity index is 1.44. The Morgan fingerprint density at radius 2 is 1.58 bits per heavy atom. The molecule has 0 N–H and O–H groups in total. The third-order valence-electron chi connectivity index (χ3n) is 7.19. The van der Waals surface area contributed by atoms with E-state index in [1.165, 1.54) is 0 Å². The Hall–Kier alpha value is -2.50. The molecule has 3 heterocycles. The summed E-state index contributed by atoms with van der Waals surface area (Å²) in [6.07, 6.45) is 4.04. The molecule has 0 aliphatic carbocycles. The fourth-order valence-electron chi connectivity index (χ4n) is 4.93. The Labute approximate surface area is 229 Å². The molecule has 0 radical (unpaired) electrons. The molecule has 3 aromatic rings. The second-order valence-corrected chi connectivity index (χ2v) is 12.4. The fourth-order valence-corrected chi connectivity index (χ4v) is 7.40. The lowest BCUT2D eigenvalue weighted by atomic mass is 10.2. The lowest BCUT2D eigenvalue weighted by molar-refractivity contribution is 0.0363. The average Bonchev–Trinajstić information content (AvgIpc) is 3.14. The fraction of sp³-hybridized carbons (Fsp3) is 0.464. The minimum Gasteiger partial charge on any atom is -0.497 e. The molecule has 0 amide bonds. The summed E-state index contributed by atoms with van der Waals surface area (Å²) in [6, 6.07) is 15.1. The largest absolute Gasteiger partial charge is 0.497 e. The van der Waals surface area contributed by atoms with Gasteiger partial charge in [0.15, 0.2) is 4.80 Å². The molecule has 1 aromatic heterocycles. The number of methoxy groups -OCH3 is 1. The van der Waals surface area contributed by atoms with Gasteiger partial charge in [0, 0.05) is 44.6 Å². The van der Waals surface area contributed by atoms with Crippen molar-refractivity contribution in [3.8, 4) is 17.0 Å². The van der Waals surface area contributed by atoms with Crippen LogP contribution >= 0.6 is 11.3 Å². The van der Waals surface area contributed by atoms with Crippen molar-refractivity contribution in [2.45, 2.75) is 37.1 Å². The third kappa shape index (κ3) is 6.38. The van der Waals surface area contributed by atoms with Crippen molar-refractivity contribution in [3.63, 3.8) is 0 Å². The Kier molecular flexibility index (Phi) is 8.96. The van der Waals surface area contributed by atoms with Crippen molar-refractivity contribution >= 4 is 27.0 Å². The number of hydrogen-bond donors (Lipinski definition) is 0. The summed E-state index contributed by atoms with van der Waals surface area (Å²) in [4.78, 5) is 8.61. The van der Waals surface area contributed by atoms with Gasteiger partial charge >= 0.3 is 0 Å². The van der Waals surface area contributed by atoms with Crippen molar-refractivity contribution in [1.82, 2.24) is 13.8 Å². The summed E-state index contributed by atoms with van der Waals surface area (Å²) in [6.45, 7) is 6.25. The van der Waals surface area contributed by atoms with Crippen molar-refractivity contribution < 1.29 is 17.9 Å². The van der Waals surface area contributed by atoms with Gasteiger partial charge in [-0.2, -0.15) is 4.31 Å².